The number of hydrogen-bond acceptors (Lipinski definition) is 5. The molecule has 0 saturated heterocycles. The molecule has 3 N–H and O–H groups in total. The highest BCUT2D eigenvalue weighted by molar-refractivity contribution is 6.01. The van der Waals surface area contributed by atoms with Crippen LogP contribution in [0.4, 0.5) is 17.1 Å². The Morgan fingerprint density at radius 3 is 2.46 bits per heavy atom. The molecule has 0 aromatic heterocycles. The number of benzene rings is 2. The average molecular weight is 382 g/mol. The summed E-state index contributed by atoms with van der Waals surface area (Å²) in [6.45, 7) is 3.47. The van der Waals surface area contributed by atoms with Crippen molar-refractivity contribution in [3.63, 3.8) is 0 Å². The Labute approximate surface area is 162 Å². The fraction of sp³-hybridized carbons (Fsp3) is 0.300. The third-order valence-corrected chi connectivity index (χ3v) is 4.61. The molecule has 0 aliphatic heterocycles. The summed E-state index contributed by atoms with van der Waals surface area (Å²) in [7, 11) is 0. The van der Waals surface area contributed by atoms with Crippen LogP contribution in [0.25, 0.3) is 0 Å². The number of anilines is 2. The number of rotatable bonds is 7. The van der Waals surface area contributed by atoms with Crippen LogP contribution in [0.1, 0.15) is 34.3 Å². The second-order valence-electron chi connectivity index (χ2n) is 6.91. The zero-order valence-corrected chi connectivity index (χ0v) is 15.7. The summed E-state index contributed by atoms with van der Waals surface area (Å²) in [5.41, 5.74) is 2.61. The number of carbonyl (C=O) groups excluding carboxylic acids is 2. The van der Waals surface area contributed by atoms with Crippen molar-refractivity contribution < 1.29 is 14.5 Å². The monoisotopic (exact) mass is 382 g/mol. The Hall–Kier alpha value is -3.42. The van der Waals surface area contributed by atoms with Crippen molar-refractivity contribution in [3.8, 4) is 0 Å². The van der Waals surface area contributed by atoms with Gasteiger partial charge in [-0.3, -0.25) is 19.7 Å². The Morgan fingerprint density at radius 2 is 1.79 bits per heavy atom. The maximum atomic E-state index is 12.3. The molecular weight excluding hydrogens is 360 g/mol. The molecule has 0 atom stereocenters. The van der Waals surface area contributed by atoms with Gasteiger partial charge in [0.1, 0.15) is 5.69 Å². The van der Waals surface area contributed by atoms with E-state index in [4.69, 9.17) is 0 Å². The first-order valence-electron chi connectivity index (χ1n) is 9.04. The van der Waals surface area contributed by atoms with Gasteiger partial charge in [-0.1, -0.05) is 12.1 Å². The minimum absolute atomic E-state index is 0.127. The maximum Gasteiger partial charge on any atom is 0.293 e. The van der Waals surface area contributed by atoms with Gasteiger partial charge in [0, 0.05) is 17.8 Å². The van der Waals surface area contributed by atoms with Gasteiger partial charge in [0.25, 0.3) is 11.6 Å². The molecule has 8 nitrogen and oxygen atoms in total. The van der Waals surface area contributed by atoms with Gasteiger partial charge in [-0.15, -0.1) is 0 Å². The summed E-state index contributed by atoms with van der Waals surface area (Å²) < 4.78 is 0. The molecule has 2 aromatic rings. The van der Waals surface area contributed by atoms with Gasteiger partial charge in [0.15, 0.2) is 0 Å². The molecule has 0 radical (unpaired) electrons. The van der Waals surface area contributed by atoms with Crippen LogP contribution in [0, 0.1) is 24.0 Å². The highest BCUT2D eigenvalue weighted by Crippen LogP contribution is 2.28. The van der Waals surface area contributed by atoms with Crippen molar-refractivity contribution in [2.45, 2.75) is 32.7 Å². The van der Waals surface area contributed by atoms with Crippen LogP contribution < -0.4 is 16.0 Å². The Kier molecular flexibility index (Phi) is 5.58. The standard InChI is InChI=1S/C20H22N4O4/c1-12-9-17(18(24(27)28)10-13(12)2)23-19(25)11-21-16-6-4-3-5-15(16)20(26)22-14-7-8-14/h3-6,9-10,14,21H,7-8,11H2,1-2H3,(H,22,26)(H,23,25). The lowest BCUT2D eigenvalue weighted by Crippen LogP contribution is -2.27. The van der Waals surface area contributed by atoms with E-state index in [0.717, 1.165) is 24.0 Å². The van der Waals surface area contributed by atoms with Gasteiger partial charge in [-0.25, -0.2) is 0 Å². The van der Waals surface area contributed by atoms with Crippen molar-refractivity contribution in [2.75, 3.05) is 17.2 Å². The van der Waals surface area contributed by atoms with Gasteiger partial charge in [0.05, 0.1) is 17.0 Å². The Balaban J connectivity index is 1.68. The first-order chi connectivity index (χ1) is 13.3. The summed E-state index contributed by atoms with van der Waals surface area (Å²) >= 11 is 0. The quantitative estimate of drug-likeness (QED) is 0.503. The number of amides is 2. The topological polar surface area (TPSA) is 113 Å². The molecule has 1 aliphatic carbocycles. The molecule has 3 rings (SSSR count). The zero-order valence-electron chi connectivity index (χ0n) is 15.7. The van der Waals surface area contributed by atoms with Crippen LogP contribution in [0.5, 0.6) is 0 Å². The van der Waals surface area contributed by atoms with E-state index < -0.39 is 10.8 Å². The first kappa shape index (κ1) is 19.3. The number of aryl methyl sites for hydroxylation is 2. The number of hydrogen-bond donors (Lipinski definition) is 3. The van der Waals surface area contributed by atoms with Crippen LogP contribution >= 0.6 is 0 Å². The van der Waals surface area contributed by atoms with E-state index in [2.05, 4.69) is 16.0 Å². The molecule has 28 heavy (non-hydrogen) atoms. The van der Waals surface area contributed by atoms with Crippen LogP contribution in [0.3, 0.4) is 0 Å². The maximum absolute atomic E-state index is 12.3. The summed E-state index contributed by atoms with van der Waals surface area (Å²) in [6, 6.07) is 10.2. The van der Waals surface area contributed by atoms with Crippen molar-refractivity contribution in [2.24, 2.45) is 0 Å². The highest BCUT2D eigenvalue weighted by Gasteiger charge is 2.25. The molecule has 0 bridgehead atoms. The van der Waals surface area contributed by atoms with Crippen molar-refractivity contribution in [1.82, 2.24) is 5.32 Å². The Morgan fingerprint density at radius 1 is 1.11 bits per heavy atom. The summed E-state index contributed by atoms with van der Waals surface area (Å²) in [5, 5.41) is 19.7. The van der Waals surface area contributed by atoms with E-state index >= 15 is 0 Å². The number of nitrogens with one attached hydrogen (secondary N) is 3. The molecule has 2 aromatic carbocycles. The lowest BCUT2D eigenvalue weighted by atomic mass is 10.1. The van der Waals surface area contributed by atoms with E-state index in [9.17, 15) is 19.7 Å². The smallest absolute Gasteiger partial charge is 0.293 e. The molecule has 0 unspecified atom stereocenters. The third kappa shape index (κ3) is 4.64. The largest absolute Gasteiger partial charge is 0.376 e. The lowest BCUT2D eigenvalue weighted by molar-refractivity contribution is -0.384. The summed E-state index contributed by atoms with van der Waals surface area (Å²) in [5.74, 6) is -0.625. The lowest BCUT2D eigenvalue weighted by Gasteiger charge is -2.13. The number of nitro groups is 1. The Bertz CT molecular complexity index is 938. The van der Waals surface area contributed by atoms with E-state index in [0.29, 0.717) is 11.3 Å². The minimum Gasteiger partial charge on any atom is -0.376 e. The van der Waals surface area contributed by atoms with Gasteiger partial charge >= 0.3 is 0 Å². The average Bonchev–Trinajstić information content (AvgIpc) is 3.46. The summed E-state index contributed by atoms with van der Waals surface area (Å²) in [6.07, 6.45) is 1.97. The molecule has 1 aliphatic rings. The second-order valence-corrected chi connectivity index (χ2v) is 6.91. The van der Waals surface area contributed by atoms with E-state index in [1.165, 1.54) is 6.07 Å². The van der Waals surface area contributed by atoms with Gasteiger partial charge in [-0.05, 0) is 56.0 Å². The van der Waals surface area contributed by atoms with Gasteiger partial charge in [0.2, 0.25) is 5.91 Å². The number of para-hydroxylation sites is 1. The van der Waals surface area contributed by atoms with Crippen LogP contribution in [-0.2, 0) is 4.79 Å². The van der Waals surface area contributed by atoms with Crippen molar-refractivity contribution in [3.05, 3.63) is 63.2 Å². The second kappa shape index (κ2) is 8.08. The molecule has 2 amide bonds. The van der Waals surface area contributed by atoms with Crippen molar-refractivity contribution in [1.29, 1.82) is 0 Å². The van der Waals surface area contributed by atoms with E-state index in [-0.39, 0.29) is 29.9 Å². The molecule has 8 heteroatoms. The SMILES string of the molecule is Cc1cc(NC(=O)CNc2ccccc2C(=O)NC2CC2)c([N+](=O)[O-])cc1C. The van der Waals surface area contributed by atoms with Gasteiger partial charge in [-0.2, -0.15) is 0 Å². The molecule has 0 heterocycles. The van der Waals surface area contributed by atoms with Crippen LogP contribution in [0.15, 0.2) is 36.4 Å². The number of nitrogens with zero attached hydrogens (tertiary/aromatic N) is 1. The van der Waals surface area contributed by atoms with Gasteiger partial charge < -0.3 is 16.0 Å². The zero-order chi connectivity index (χ0) is 20.3. The molecule has 0 spiro atoms. The van der Waals surface area contributed by atoms with Crippen LogP contribution in [0.2, 0.25) is 0 Å². The highest BCUT2D eigenvalue weighted by atomic mass is 16.6. The predicted octanol–water partition coefficient (Wildman–Crippen LogP) is 3.15. The number of carbonyl (C=O) groups is 2. The fourth-order valence-corrected chi connectivity index (χ4v) is 2.75. The predicted molar refractivity (Wildman–Crippen MR) is 107 cm³/mol. The molecular formula is C20H22N4O4. The first-order valence-corrected chi connectivity index (χ1v) is 9.04. The van der Waals surface area contributed by atoms with E-state index in [1.807, 2.05) is 6.92 Å². The molecule has 1 fully saturated rings. The van der Waals surface area contributed by atoms with Crippen molar-refractivity contribution >= 4 is 28.9 Å². The fourth-order valence-electron chi connectivity index (χ4n) is 2.75. The molecule has 1 saturated carbocycles. The normalized spacial score (nSPS) is 12.9. The minimum atomic E-state index is -0.521. The number of nitro benzene ring substituents is 1. The molecule has 146 valence electrons. The van der Waals surface area contributed by atoms with E-state index in [1.54, 1.807) is 37.3 Å². The summed E-state index contributed by atoms with van der Waals surface area (Å²) in [4.78, 5) is 35.4. The third-order valence-electron chi connectivity index (χ3n) is 4.61. The van der Waals surface area contributed by atoms with Crippen LogP contribution in [-0.4, -0.2) is 29.3 Å².